The minimum atomic E-state index is 0.394. The number of rotatable bonds is 3. The van der Waals surface area contributed by atoms with Crippen LogP contribution >= 0.6 is 0 Å². The molecule has 1 rings (SSSR count). The van der Waals surface area contributed by atoms with Gasteiger partial charge < -0.3 is 4.42 Å². The average molecular weight is 167 g/mol. The number of oxazole rings is 1. The van der Waals surface area contributed by atoms with E-state index in [2.05, 4.69) is 32.7 Å². The predicted octanol–water partition coefficient (Wildman–Crippen LogP) is 3.00. The Bertz CT molecular complexity index is 238. The zero-order valence-electron chi connectivity index (χ0n) is 8.29. The summed E-state index contributed by atoms with van der Waals surface area (Å²) < 4.78 is 5.54. The summed E-state index contributed by atoms with van der Waals surface area (Å²) >= 11 is 0. The Labute approximate surface area is 74.0 Å². The van der Waals surface area contributed by atoms with Gasteiger partial charge in [0.25, 0.3) is 0 Å². The third-order valence-corrected chi connectivity index (χ3v) is 1.67. The molecule has 0 bridgehead atoms. The molecule has 1 aromatic rings. The van der Waals surface area contributed by atoms with E-state index < -0.39 is 0 Å². The van der Waals surface area contributed by atoms with Gasteiger partial charge in [-0.3, -0.25) is 0 Å². The van der Waals surface area contributed by atoms with Gasteiger partial charge >= 0.3 is 0 Å². The van der Waals surface area contributed by atoms with E-state index in [1.54, 1.807) is 0 Å². The summed E-state index contributed by atoms with van der Waals surface area (Å²) in [5.74, 6) is 2.89. The Hall–Kier alpha value is -0.790. The van der Waals surface area contributed by atoms with Gasteiger partial charge in [-0.15, -0.1) is 0 Å². The summed E-state index contributed by atoms with van der Waals surface area (Å²) in [6, 6.07) is 0. The van der Waals surface area contributed by atoms with E-state index in [4.69, 9.17) is 4.42 Å². The maximum Gasteiger partial charge on any atom is 0.196 e. The molecule has 0 aliphatic rings. The maximum atomic E-state index is 5.54. The second kappa shape index (κ2) is 3.74. The lowest BCUT2D eigenvalue weighted by Crippen LogP contribution is -1.91. The maximum absolute atomic E-state index is 5.54. The fourth-order valence-electron chi connectivity index (χ4n) is 1.09. The Morgan fingerprint density at radius 2 is 2.00 bits per heavy atom. The molecule has 12 heavy (non-hydrogen) atoms. The van der Waals surface area contributed by atoms with Crippen molar-refractivity contribution in [1.29, 1.82) is 0 Å². The van der Waals surface area contributed by atoms with Crippen molar-refractivity contribution < 1.29 is 4.42 Å². The van der Waals surface area contributed by atoms with Gasteiger partial charge in [0.2, 0.25) is 0 Å². The third kappa shape index (κ3) is 2.36. The molecule has 0 radical (unpaired) electrons. The molecular weight excluding hydrogens is 150 g/mol. The van der Waals surface area contributed by atoms with Crippen LogP contribution in [0.5, 0.6) is 0 Å². The molecule has 0 aliphatic heterocycles. The highest BCUT2D eigenvalue weighted by atomic mass is 16.4. The van der Waals surface area contributed by atoms with Gasteiger partial charge in [-0.2, -0.15) is 0 Å². The Balaban J connectivity index is 2.64. The van der Waals surface area contributed by atoms with Crippen molar-refractivity contribution in [2.75, 3.05) is 0 Å². The molecule has 0 saturated carbocycles. The molecule has 0 aliphatic carbocycles. The van der Waals surface area contributed by atoms with Crippen molar-refractivity contribution in [1.82, 2.24) is 4.98 Å². The van der Waals surface area contributed by atoms with Crippen LogP contribution in [-0.4, -0.2) is 4.98 Å². The van der Waals surface area contributed by atoms with Crippen LogP contribution in [-0.2, 0) is 6.42 Å². The summed E-state index contributed by atoms with van der Waals surface area (Å²) in [6.45, 7) is 8.53. The highest BCUT2D eigenvalue weighted by Crippen LogP contribution is 2.16. The van der Waals surface area contributed by atoms with Gasteiger partial charge in [-0.1, -0.05) is 27.7 Å². The van der Waals surface area contributed by atoms with E-state index in [0.717, 1.165) is 18.1 Å². The van der Waals surface area contributed by atoms with Crippen molar-refractivity contribution in [3.63, 3.8) is 0 Å². The number of hydrogen-bond donors (Lipinski definition) is 0. The molecule has 0 spiro atoms. The minimum Gasteiger partial charge on any atom is -0.445 e. The van der Waals surface area contributed by atoms with Gasteiger partial charge in [0.15, 0.2) is 5.89 Å². The first-order valence-corrected chi connectivity index (χ1v) is 4.54. The van der Waals surface area contributed by atoms with E-state index in [1.165, 1.54) is 0 Å². The van der Waals surface area contributed by atoms with Gasteiger partial charge in [0.05, 0.1) is 6.20 Å². The quantitative estimate of drug-likeness (QED) is 0.691. The van der Waals surface area contributed by atoms with Crippen LogP contribution in [0.25, 0.3) is 0 Å². The zero-order valence-corrected chi connectivity index (χ0v) is 8.29. The second-order valence-electron chi connectivity index (χ2n) is 3.92. The summed E-state index contributed by atoms with van der Waals surface area (Å²) in [5, 5.41) is 0. The van der Waals surface area contributed by atoms with Crippen LogP contribution < -0.4 is 0 Å². The molecule has 68 valence electrons. The lowest BCUT2D eigenvalue weighted by Gasteiger charge is -1.99. The molecular formula is C10H17NO. The topological polar surface area (TPSA) is 26.0 Å². The summed E-state index contributed by atoms with van der Waals surface area (Å²) in [6.07, 6.45) is 2.83. The first-order chi connectivity index (χ1) is 5.59. The van der Waals surface area contributed by atoms with Crippen LogP contribution in [0.1, 0.15) is 45.3 Å². The van der Waals surface area contributed by atoms with Crippen molar-refractivity contribution in [2.24, 2.45) is 5.92 Å². The molecule has 2 nitrogen and oxygen atoms in total. The van der Waals surface area contributed by atoms with Gasteiger partial charge in [0, 0.05) is 12.3 Å². The standard InChI is InChI=1S/C10H17NO/c1-7(2)5-9-6-11-10(12-9)8(3)4/h6-8H,5H2,1-4H3. The zero-order chi connectivity index (χ0) is 9.14. The predicted molar refractivity (Wildman–Crippen MR) is 49.1 cm³/mol. The third-order valence-electron chi connectivity index (χ3n) is 1.67. The summed E-state index contributed by atoms with van der Waals surface area (Å²) in [7, 11) is 0. The van der Waals surface area contributed by atoms with Crippen LogP contribution in [0.2, 0.25) is 0 Å². The van der Waals surface area contributed by atoms with E-state index in [-0.39, 0.29) is 0 Å². The first kappa shape index (κ1) is 9.30. The highest BCUT2D eigenvalue weighted by molar-refractivity contribution is 4.97. The van der Waals surface area contributed by atoms with Crippen LogP contribution in [0.15, 0.2) is 10.6 Å². The average Bonchev–Trinajstić information content (AvgIpc) is 2.34. The van der Waals surface area contributed by atoms with Crippen molar-refractivity contribution in [2.45, 2.75) is 40.0 Å². The normalized spacial score (nSPS) is 11.5. The second-order valence-corrected chi connectivity index (χ2v) is 3.92. The minimum absolute atomic E-state index is 0.394. The SMILES string of the molecule is CC(C)Cc1cnc(C(C)C)o1. The molecule has 2 heteroatoms. The summed E-state index contributed by atoms with van der Waals surface area (Å²) in [4.78, 5) is 4.20. The van der Waals surface area contributed by atoms with Crippen LogP contribution in [0.4, 0.5) is 0 Å². The molecule has 0 N–H and O–H groups in total. The van der Waals surface area contributed by atoms with Gasteiger partial charge in [-0.25, -0.2) is 4.98 Å². The Kier molecular flexibility index (Phi) is 2.90. The molecule has 1 heterocycles. The fourth-order valence-corrected chi connectivity index (χ4v) is 1.09. The van der Waals surface area contributed by atoms with Crippen molar-refractivity contribution in [3.05, 3.63) is 17.8 Å². The lowest BCUT2D eigenvalue weighted by molar-refractivity contribution is 0.417. The van der Waals surface area contributed by atoms with E-state index in [9.17, 15) is 0 Å². The van der Waals surface area contributed by atoms with E-state index in [0.29, 0.717) is 11.8 Å². The van der Waals surface area contributed by atoms with Crippen LogP contribution in [0, 0.1) is 5.92 Å². The molecule has 0 unspecified atom stereocenters. The Morgan fingerprint density at radius 1 is 1.33 bits per heavy atom. The van der Waals surface area contributed by atoms with Gasteiger partial charge in [0.1, 0.15) is 5.76 Å². The first-order valence-electron chi connectivity index (χ1n) is 4.54. The van der Waals surface area contributed by atoms with Crippen molar-refractivity contribution in [3.8, 4) is 0 Å². The Morgan fingerprint density at radius 3 is 2.42 bits per heavy atom. The molecule has 0 amide bonds. The smallest absolute Gasteiger partial charge is 0.196 e. The molecule has 1 aromatic heterocycles. The van der Waals surface area contributed by atoms with E-state index in [1.807, 2.05) is 6.20 Å². The molecule has 0 saturated heterocycles. The number of hydrogen-bond acceptors (Lipinski definition) is 2. The molecule has 0 aromatic carbocycles. The monoisotopic (exact) mass is 167 g/mol. The number of aromatic nitrogens is 1. The summed E-state index contributed by atoms with van der Waals surface area (Å²) in [5.41, 5.74) is 0. The number of nitrogens with zero attached hydrogens (tertiary/aromatic N) is 1. The fraction of sp³-hybridized carbons (Fsp3) is 0.700. The van der Waals surface area contributed by atoms with Gasteiger partial charge in [-0.05, 0) is 5.92 Å². The van der Waals surface area contributed by atoms with E-state index >= 15 is 0 Å². The van der Waals surface area contributed by atoms with Crippen molar-refractivity contribution >= 4 is 0 Å². The molecule has 0 atom stereocenters. The highest BCUT2D eigenvalue weighted by Gasteiger charge is 2.08. The van der Waals surface area contributed by atoms with Crippen LogP contribution in [0.3, 0.4) is 0 Å². The lowest BCUT2D eigenvalue weighted by atomic mass is 10.1. The largest absolute Gasteiger partial charge is 0.445 e. The molecule has 0 fully saturated rings.